The minimum absolute atomic E-state index is 0.0195. The summed E-state index contributed by atoms with van der Waals surface area (Å²) in [6, 6.07) is 1.81. The van der Waals surface area contributed by atoms with Gasteiger partial charge in [-0.05, 0) is 105 Å². The Balaban J connectivity index is 1.25. The average Bonchev–Trinajstić information content (AvgIpc) is 3.10. The number of nitriles is 1. The van der Waals surface area contributed by atoms with E-state index < -0.39 is 11.5 Å². The Kier molecular flexibility index (Phi) is 4.71. The summed E-state index contributed by atoms with van der Waals surface area (Å²) in [5, 5.41) is 23.5. The van der Waals surface area contributed by atoms with Crippen molar-refractivity contribution >= 4 is 5.78 Å². The van der Waals surface area contributed by atoms with Crippen LogP contribution >= 0.6 is 0 Å². The molecule has 5 fully saturated rings. The highest BCUT2D eigenvalue weighted by Crippen LogP contribution is 2.76. The van der Waals surface area contributed by atoms with Crippen molar-refractivity contribution in [1.29, 1.82) is 5.26 Å². The van der Waals surface area contributed by atoms with Gasteiger partial charge in [-0.1, -0.05) is 13.8 Å². The number of nitrogens with zero attached hydrogens (tertiary/aromatic N) is 3. The zero-order valence-corrected chi connectivity index (χ0v) is 20.0. The van der Waals surface area contributed by atoms with Crippen molar-refractivity contribution < 1.29 is 14.3 Å². The molecule has 5 nitrogen and oxygen atoms in total. The first-order chi connectivity index (χ1) is 15.6. The van der Waals surface area contributed by atoms with E-state index in [9.17, 15) is 14.3 Å². The van der Waals surface area contributed by atoms with Crippen molar-refractivity contribution in [3.05, 3.63) is 17.7 Å². The molecule has 33 heavy (non-hydrogen) atoms. The maximum Gasteiger partial charge on any atom is 0.250 e. The lowest BCUT2D eigenvalue weighted by Gasteiger charge is -2.58. The van der Waals surface area contributed by atoms with E-state index in [4.69, 9.17) is 5.26 Å². The van der Waals surface area contributed by atoms with Crippen LogP contribution in [-0.2, 0) is 11.3 Å². The molecule has 0 amide bonds. The topological polar surface area (TPSA) is 78.9 Å². The van der Waals surface area contributed by atoms with Crippen LogP contribution in [0.25, 0.3) is 0 Å². The van der Waals surface area contributed by atoms with Gasteiger partial charge in [0, 0.05) is 12.1 Å². The van der Waals surface area contributed by atoms with Gasteiger partial charge in [0.15, 0.2) is 5.78 Å². The van der Waals surface area contributed by atoms with Crippen LogP contribution in [0, 0.1) is 76.0 Å². The number of carbonyl (C=O) groups excluding carboxylic acids is 1. The fourth-order valence-electron chi connectivity index (χ4n) is 9.90. The van der Waals surface area contributed by atoms with Gasteiger partial charge in [-0.15, -0.1) is 5.10 Å². The van der Waals surface area contributed by atoms with E-state index in [-0.39, 0.29) is 29.2 Å². The summed E-state index contributed by atoms with van der Waals surface area (Å²) < 4.78 is 15.2. The zero-order valence-electron chi connectivity index (χ0n) is 20.0. The summed E-state index contributed by atoms with van der Waals surface area (Å²) in [5.74, 6) is 4.55. The van der Waals surface area contributed by atoms with Crippen molar-refractivity contribution in [2.75, 3.05) is 0 Å². The van der Waals surface area contributed by atoms with Crippen molar-refractivity contribution in [3.8, 4) is 6.07 Å². The molecule has 6 heteroatoms. The molecule has 1 N–H and O–H groups in total. The van der Waals surface area contributed by atoms with Crippen molar-refractivity contribution in [1.82, 2.24) is 9.78 Å². The number of hydrogen-bond donors (Lipinski definition) is 1. The van der Waals surface area contributed by atoms with Gasteiger partial charge in [0.25, 0.3) is 0 Å². The second kappa shape index (κ2) is 7.13. The Morgan fingerprint density at radius 2 is 1.97 bits per heavy atom. The number of halogens is 1. The summed E-state index contributed by atoms with van der Waals surface area (Å²) in [5.41, 5.74) is -0.563. The first-order valence-corrected chi connectivity index (χ1v) is 13.0. The van der Waals surface area contributed by atoms with Crippen molar-refractivity contribution in [2.45, 2.75) is 77.9 Å². The standard InChI is InChI=1S/C27H36FN3O2/c1-14-21-22(14)24(20(32)13-31-12-16(11-29)25(28)30-31)27(3)9-7-18-17-6-8-26(2,33)10-15(17)4-5-19(18)23(21)27/h12,14-15,17-19,21-24,33H,4-10,13H2,1-3H3/t14-,15+,17-,18+,19+,21+,22-,23+,24-,26+,27-/m0/s1. The SMILES string of the molecule is C[C@H]1[C@@H]2[C@H]1[C@H](C(=O)Cn1cc(C#N)c(F)n1)[C@@]1(C)CC[C@H]3[C@@H](CC[C@@H]4C[C@](C)(O)CC[C@@H]43)[C@H]21. The second-order valence-electron chi connectivity index (χ2n) is 12.7. The third-order valence-corrected chi connectivity index (χ3v) is 11.1. The largest absolute Gasteiger partial charge is 0.390 e. The van der Waals surface area contributed by atoms with E-state index >= 15 is 0 Å². The summed E-state index contributed by atoms with van der Waals surface area (Å²) >= 11 is 0. The highest BCUT2D eigenvalue weighted by atomic mass is 19.1. The number of aromatic nitrogens is 2. The fraction of sp³-hybridized carbons (Fsp3) is 0.815. The molecule has 5 saturated carbocycles. The van der Waals surface area contributed by atoms with E-state index in [1.807, 2.05) is 13.0 Å². The molecule has 0 saturated heterocycles. The Hall–Kier alpha value is -1.74. The minimum Gasteiger partial charge on any atom is -0.390 e. The molecule has 0 aromatic carbocycles. The highest BCUT2D eigenvalue weighted by molar-refractivity contribution is 5.83. The molecule has 1 heterocycles. The first kappa shape index (κ1) is 21.8. The van der Waals surface area contributed by atoms with Gasteiger partial charge in [-0.2, -0.15) is 9.65 Å². The average molecular weight is 454 g/mol. The number of hydrogen-bond acceptors (Lipinski definition) is 4. The maximum atomic E-state index is 13.8. The Morgan fingerprint density at radius 1 is 1.21 bits per heavy atom. The quantitative estimate of drug-likeness (QED) is 0.726. The summed E-state index contributed by atoms with van der Waals surface area (Å²) in [6.07, 6.45) is 9.17. The number of Topliss-reactive ketones (excluding diaryl/α,β-unsaturated/α-hetero) is 1. The molecule has 0 unspecified atom stereocenters. The Bertz CT molecular complexity index is 1030. The fourth-order valence-corrected chi connectivity index (χ4v) is 9.90. The van der Waals surface area contributed by atoms with E-state index in [1.165, 1.54) is 30.1 Å². The van der Waals surface area contributed by atoms with Crippen LogP contribution in [0.5, 0.6) is 0 Å². The van der Waals surface area contributed by atoms with Crippen LogP contribution in [0.2, 0.25) is 0 Å². The van der Waals surface area contributed by atoms with Gasteiger partial charge in [-0.3, -0.25) is 9.48 Å². The summed E-state index contributed by atoms with van der Waals surface area (Å²) in [7, 11) is 0. The first-order valence-electron chi connectivity index (χ1n) is 13.0. The molecule has 0 radical (unpaired) electrons. The van der Waals surface area contributed by atoms with Gasteiger partial charge in [0.2, 0.25) is 5.95 Å². The number of rotatable bonds is 3. The van der Waals surface area contributed by atoms with Crippen LogP contribution in [0.3, 0.4) is 0 Å². The lowest BCUT2D eigenvalue weighted by Crippen LogP contribution is -2.52. The summed E-state index contributed by atoms with van der Waals surface area (Å²) in [6.45, 7) is 6.78. The molecule has 0 aliphatic heterocycles. The molecule has 11 atom stereocenters. The summed E-state index contributed by atoms with van der Waals surface area (Å²) in [4.78, 5) is 13.6. The highest BCUT2D eigenvalue weighted by Gasteiger charge is 2.73. The van der Waals surface area contributed by atoms with E-state index in [0.29, 0.717) is 35.5 Å². The van der Waals surface area contributed by atoms with Crippen molar-refractivity contribution in [2.24, 2.45) is 58.7 Å². The number of carbonyl (C=O) groups is 1. The molecular formula is C27H36FN3O2. The number of ketones is 1. The molecule has 5 aliphatic carbocycles. The van der Waals surface area contributed by atoms with E-state index in [1.54, 1.807) is 0 Å². The number of aliphatic hydroxyl groups is 1. The molecule has 5 aliphatic rings. The van der Waals surface area contributed by atoms with Gasteiger partial charge < -0.3 is 5.11 Å². The van der Waals surface area contributed by atoms with Crippen LogP contribution in [0.15, 0.2) is 6.20 Å². The molecular weight excluding hydrogens is 417 g/mol. The number of fused-ring (bicyclic) bond motifs is 7. The maximum absolute atomic E-state index is 13.8. The minimum atomic E-state index is -0.790. The molecule has 6 rings (SSSR count). The van der Waals surface area contributed by atoms with Crippen molar-refractivity contribution in [3.63, 3.8) is 0 Å². The third kappa shape index (κ3) is 3.10. The molecule has 1 aromatic rings. The third-order valence-electron chi connectivity index (χ3n) is 11.1. The van der Waals surface area contributed by atoms with Gasteiger partial charge in [0.05, 0.1) is 12.1 Å². The lowest BCUT2D eigenvalue weighted by atomic mass is 9.47. The van der Waals surface area contributed by atoms with Gasteiger partial charge in [-0.25, -0.2) is 0 Å². The molecule has 178 valence electrons. The normalized spacial score (nSPS) is 49.9. The van der Waals surface area contributed by atoms with E-state index in [2.05, 4.69) is 18.9 Å². The van der Waals surface area contributed by atoms with Gasteiger partial charge in [0.1, 0.15) is 11.6 Å². The Labute approximate surface area is 195 Å². The second-order valence-corrected chi connectivity index (χ2v) is 12.7. The Morgan fingerprint density at radius 3 is 2.70 bits per heavy atom. The smallest absolute Gasteiger partial charge is 0.250 e. The van der Waals surface area contributed by atoms with Crippen LogP contribution in [-0.4, -0.2) is 26.3 Å². The predicted octanol–water partition coefficient (Wildman–Crippen LogP) is 4.58. The van der Waals surface area contributed by atoms with Crippen LogP contribution in [0.4, 0.5) is 4.39 Å². The monoisotopic (exact) mass is 453 g/mol. The van der Waals surface area contributed by atoms with Crippen LogP contribution < -0.4 is 0 Å². The van der Waals surface area contributed by atoms with Gasteiger partial charge >= 0.3 is 0 Å². The van der Waals surface area contributed by atoms with Crippen LogP contribution in [0.1, 0.15) is 71.3 Å². The molecule has 0 spiro atoms. The molecule has 1 aromatic heterocycles. The predicted molar refractivity (Wildman–Crippen MR) is 120 cm³/mol. The molecule has 0 bridgehead atoms. The zero-order chi connectivity index (χ0) is 23.3. The lowest BCUT2D eigenvalue weighted by molar-refractivity contribution is -0.137. The van der Waals surface area contributed by atoms with E-state index in [0.717, 1.165) is 37.5 Å².